The number of aromatic nitrogens is 3. The highest BCUT2D eigenvalue weighted by atomic mass is 35.5. The summed E-state index contributed by atoms with van der Waals surface area (Å²) in [4.78, 5) is 13.5. The SMILES string of the molecule is CCN(C)S(=O)(=O)Nc1cccc(-c2nc(C(C)(C)C)sc2-c2ccnc(Cl)n2)c1F. The van der Waals surface area contributed by atoms with Crippen molar-refractivity contribution in [3.8, 4) is 21.8 Å². The van der Waals surface area contributed by atoms with Gasteiger partial charge in [-0.25, -0.2) is 19.3 Å². The van der Waals surface area contributed by atoms with Gasteiger partial charge in [-0.1, -0.05) is 33.8 Å². The summed E-state index contributed by atoms with van der Waals surface area (Å²) in [5, 5.41) is 0.849. The van der Waals surface area contributed by atoms with Crippen LogP contribution in [0.3, 0.4) is 0 Å². The number of anilines is 1. The summed E-state index contributed by atoms with van der Waals surface area (Å²) in [5.41, 5.74) is 0.602. The molecule has 2 aromatic heterocycles. The number of thiazole rings is 1. The normalized spacial score (nSPS) is 12.4. The first-order valence-corrected chi connectivity index (χ1v) is 12.1. The van der Waals surface area contributed by atoms with E-state index >= 15 is 4.39 Å². The number of nitrogens with one attached hydrogen (secondary N) is 1. The van der Waals surface area contributed by atoms with Gasteiger partial charge in [-0.3, -0.25) is 4.72 Å². The topological polar surface area (TPSA) is 88.1 Å². The smallest absolute Gasteiger partial charge is 0.268 e. The van der Waals surface area contributed by atoms with Crippen LogP contribution in [-0.4, -0.2) is 41.3 Å². The van der Waals surface area contributed by atoms with E-state index in [0.29, 0.717) is 16.3 Å². The molecule has 0 amide bonds. The van der Waals surface area contributed by atoms with E-state index in [1.807, 2.05) is 20.8 Å². The Morgan fingerprint density at radius 2 is 1.94 bits per heavy atom. The maximum atomic E-state index is 15.5. The number of hydrogen-bond donors (Lipinski definition) is 1. The summed E-state index contributed by atoms with van der Waals surface area (Å²) in [5.74, 6) is -0.720. The largest absolute Gasteiger partial charge is 0.301 e. The van der Waals surface area contributed by atoms with Crippen LogP contribution in [0.15, 0.2) is 30.5 Å². The van der Waals surface area contributed by atoms with Crippen LogP contribution in [0.1, 0.15) is 32.7 Å². The summed E-state index contributed by atoms with van der Waals surface area (Å²) in [6.07, 6.45) is 1.52. The molecule has 2 heterocycles. The lowest BCUT2D eigenvalue weighted by Gasteiger charge is -2.17. The summed E-state index contributed by atoms with van der Waals surface area (Å²) >= 11 is 7.35. The number of benzene rings is 1. The van der Waals surface area contributed by atoms with Crippen LogP contribution in [0.25, 0.3) is 21.8 Å². The van der Waals surface area contributed by atoms with E-state index in [0.717, 1.165) is 9.31 Å². The van der Waals surface area contributed by atoms with Crippen LogP contribution in [0.2, 0.25) is 5.28 Å². The van der Waals surface area contributed by atoms with E-state index in [-0.39, 0.29) is 28.5 Å². The molecule has 0 bridgehead atoms. The Labute approximate surface area is 190 Å². The van der Waals surface area contributed by atoms with Gasteiger partial charge in [-0.05, 0) is 29.8 Å². The zero-order valence-electron chi connectivity index (χ0n) is 17.8. The van der Waals surface area contributed by atoms with Crippen LogP contribution in [-0.2, 0) is 15.6 Å². The summed E-state index contributed by atoms with van der Waals surface area (Å²) < 4.78 is 43.7. The van der Waals surface area contributed by atoms with Gasteiger partial charge in [0.2, 0.25) is 5.28 Å². The molecular weight excluding hydrogens is 461 g/mol. The minimum absolute atomic E-state index is 0.0683. The first-order chi connectivity index (χ1) is 14.4. The summed E-state index contributed by atoms with van der Waals surface area (Å²) in [7, 11) is -2.47. The van der Waals surface area contributed by atoms with Gasteiger partial charge in [-0.15, -0.1) is 11.3 Å². The van der Waals surface area contributed by atoms with E-state index in [9.17, 15) is 8.42 Å². The molecule has 0 saturated heterocycles. The van der Waals surface area contributed by atoms with Gasteiger partial charge >= 0.3 is 10.2 Å². The monoisotopic (exact) mass is 483 g/mol. The molecule has 0 atom stereocenters. The lowest BCUT2D eigenvalue weighted by atomic mass is 9.98. The summed E-state index contributed by atoms with van der Waals surface area (Å²) in [6.45, 7) is 7.96. The van der Waals surface area contributed by atoms with Gasteiger partial charge in [0, 0.05) is 30.8 Å². The van der Waals surface area contributed by atoms with E-state index in [1.54, 1.807) is 25.1 Å². The molecule has 1 aromatic carbocycles. The van der Waals surface area contributed by atoms with Crippen molar-refractivity contribution >= 4 is 38.8 Å². The molecule has 0 fully saturated rings. The van der Waals surface area contributed by atoms with Crippen molar-refractivity contribution in [2.45, 2.75) is 33.1 Å². The molecule has 0 spiro atoms. The standard InChI is InChI=1S/C20H23ClFN5O2S2/c1-6-27(5)31(28,29)26-13-9-7-8-12(15(13)22)16-17(14-10-11-23-19(21)24-14)30-18(25-16)20(2,3)4/h7-11,26H,6H2,1-5H3. The molecule has 0 radical (unpaired) electrons. The van der Waals surface area contributed by atoms with Crippen molar-refractivity contribution in [1.82, 2.24) is 19.3 Å². The number of hydrogen-bond acceptors (Lipinski definition) is 6. The third-order valence-electron chi connectivity index (χ3n) is 4.48. The van der Waals surface area contributed by atoms with Crippen LogP contribution in [0.5, 0.6) is 0 Å². The molecule has 0 aliphatic rings. The van der Waals surface area contributed by atoms with Crippen molar-refractivity contribution in [2.24, 2.45) is 0 Å². The van der Waals surface area contributed by atoms with Crippen LogP contribution >= 0.6 is 22.9 Å². The molecule has 166 valence electrons. The van der Waals surface area contributed by atoms with Gasteiger partial charge in [0.05, 0.1) is 27.0 Å². The van der Waals surface area contributed by atoms with Crippen molar-refractivity contribution in [3.05, 3.63) is 46.6 Å². The first kappa shape index (κ1) is 23.5. The fraction of sp³-hybridized carbons (Fsp3) is 0.350. The Morgan fingerprint density at radius 3 is 2.55 bits per heavy atom. The number of rotatable bonds is 6. The van der Waals surface area contributed by atoms with E-state index in [1.165, 1.54) is 30.6 Å². The first-order valence-electron chi connectivity index (χ1n) is 9.47. The number of nitrogens with zero attached hydrogens (tertiary/aromatic N) is 4. The highest BCUT2D eigenvalue weighted by molar-refractivity contribution is 7.90. The molecule has 3 rings (SSSR count). The Bertz CT molecular complexity index is 1210. The average molecular weight is 484 g/mol. The highest BCUT2D eigenvalue weighted by Gasteiger charge is 2.27. The molecule has 0 aliphatic carbocycles. The third kappa shape index (κ3) is 5.03. The zero-order valence-corrected chi connectivity index (χ0v) is 20.2. The van der Waals surface area contributed by atoms with E-state index in [2.05, 4.69) is 14.7 Å². The van der Waals surface area contributed by atoms with Crippen LogP contribution in [0.4, 0.5) is 10.1 Å². The molecule has 0 unspecified atom stereocenters. The van der Waals surface area contributed by atoms with Crippen LogP contribution < -0.4 is 4.72 Å². The lowest BCUT2D eigenvalue weighted by molar-refractivity contribution is 0.491. The Morgan fingerprint density at radius 1 is 1.23 bits per heavy atom. The molecule has 0 saturated carbocycles. The Hall–Kier alpha value is -2.14. The van der Waals surface area contributed by atoms with E-state index < -0.39 is 16.0 Å². The minimum atomic E-state index is -3.88. The molecule has 11 heteroatoms. The molecule has 31 heavy (non-hydrogen) atoms. The fourth-order valence-electron chi connectivity index (χ4n) is 2.64. The Kier molecular flexibility index (Phi) is 6.66. The van der Waals surface area contributed by atoms with Gasteiger partial charge in [0.25, 0.3) is 0 Å². The average Bonchev–Trinajstić information content (AvgIpc) is 3.14. The second kappa shape index (κ2) is 8.78. The summed E-state index contributed by atoms with van der Waals surface area (Å²) in [6, 6.07) is 6.19. The second-order valence-electron chi connectivity index (χ2n) is 7.85. The third-order valence-corrected chi connectivity index (χ3v) is 7.72. The van der Waals surface area contributed by atoms with Crippen LogP contribution in [0, 0.1) is 5.82 Å². The molecule has 7 nitrogen and oxygen atoms in total. The number of halogens is 2. The maximum absolute atomic E-state index is 15.5. The van der Waals surface area contributed by atoms with Crippen molar-refractivity contribution in [2.75, 3.05) is 18.3 Å². The van der Waals surface area contributed by atoms with Gasteiger partial charge < -0.3 is 0 Å². The minimum Gasteiger partial charge on any atom is -0.268 e. The van der Waals surface area contributed by atoms with Gasteiger partial charge in [-0.2, -0.15) is 12.7 Å². The van der Waals surface area contributed by atoms with Crippen molar-refractivity contribution in [1.29, 1.82) is 0 Å². The molecule has 1 N–H and O–H groups in total. The lowest BCUT2D eigenvalue weighted by Crippen LogP contribution is -2.32. The second-order valence-corrected chi connectivity index (χ2v) is 11.0. The predicted octanol–water partition coefficient (Wildman–Crippen LogP) is 4.97. The molecular formula is C20H23ClFN5O2S2. The van der Waals surface area contributed by atoms with Gasteiger partial charge in [0.1, 0.15) is 0 Å². The van der Waals surface area contributed by atoms with E-state index in [4.69, 9.17) is 16.6 Å². The molecule has 3 aromatic rings. The molecule has 0 aliphatic heterocycles. The predicted molar refractivity (Wildman–Crippen MR) is 123 cm³/mol. The van der Waals surface area contributed by atoms with Crippen molar-refractivity contribution in [3.63, 3.8) is 0 Å². The zero-order chi connectivity index (χ0) is 23.0. The quantitative estimate of drug-likeness (QED) is 0.500. The van der Waals surface area contributed by atoms with Crippen molar-refractivity contribution < 1.29 is 12.8 Å². The Balaban J connectivity index is 2.18. The highest BCUT2D eigenvalue weighted by Crippen LogP contribution is 2.41. The maximum Gasteiger partial charge on any atom is 0.301 e. The van der Waals surface area contributed by atoms with Gasteiger partial charge in [0.15, 0.2) is 5.82 Å². The fourth-order valence-corrected chi connectivity index (χ4v) is 4.82.